The molecule has 6 nitrogen and oxygen atoms in total. The molecule has 1 heterocycles. The van der Waals surface area contributed by atoms with Gasteiger partial charge in [0.25, 0.3) is 0 Å². The van der Waals surface area contributed by atoms with E-state index < -0.39 is 0 Å². The topological polar surface area (TPSA) is 72.4 Å². The minimum atomic E-state index is 0.449. The van der Waals surface area contributed by atoms with Gasteiger partial charge in [-0.05, 0) is 41.8 Å². The maximum Gasteiger partial charge on any atom is 0.180 e. The molecule has 2 aromatic carbocycles. The largest absolute Gasteiger partial charge is 0.494 e. The van der Waals surface area contributed by atoms with Crippen LogP contribution >= 0.6 is 11.8 Å². The van der Waals surface area contributed by atoms with Crippen molar-refractivity contribution < 1.29 is 9.47 Å². The van der Waals surface area contributed by atoms with E-state index in [2.05, 4.69) is 27.2 Å². The molecule has 0 radical (unpaired) electrons. The highest BCUT2D eigenvalue weighted by atomic mass is 32.2. The smallest absolute Gasteiger partial charge is 0.180 e. The maximum atomic E-state index is 5.90. The first-order chi connectivity index (χ1) is 14.3. The Morgan fingerprint density at radius 1 is 1.10 bits per heavy atom. The fourth-order valence-corrected chi connectivity index (χ4v) is 3.48. The molecule has 1 fully saturated rings. The van der Waals surface area contributed by atoms with Gasteiger partial charge in [-0.2, -0.15) is 5.10 Å². The van der Waals surface area contributed by atoms with Gasteiger partial charge in [-0.15, -0.1) is 5.10 Å². The van der Waals surface area contributed by atoms with Crippen LogP contribution in [-0.2, 0) is 10.5 Å². The lowest BCUT2D eigenvalue weighted by Gasteiger charge is -2.26. The van der Waals surface area contributed by atoms with Crippen molar-refractivity contribution in [1.82, 2.24) is 4.90 Å². The molecule has 3 rings (SSSR count). The van der Waals surface area contributed by atoms with Gasteiger partial charge in [0, 0.05) is 25.4 Å². The highest BCUT2D eigenvalue weighted by molar-refractivity contribution is 8.13. The van der Waals surface area contributed by atoms with Crippen molar-refractivity contribution >= 4 is 23.1 Å². The molecule has 0 atom stereocenters. The molecule has 0 spiro atoms. The Bertz CT molecular complexity index is 775. The summed E-state index contributed by atoms with van der Waals surface area (Å²) in [5.74, 6) is 1.65. The van der Waals surface area contributed by atoms with E-state index in [4.69, 9.17) is 15.2 Å². The quantitative estimate of drug-likeness (QED) is 0.296. The summed E-state index contributed by atoms with van der Waals surface area (Å²) in [5, 5.41) is 8.56. The standard InChI is InChI=1S/C22H28N4O2S/c23-22(29-18-20-5-2-1-3-6-20)25-24-17-19-7-9-21(10-8-19)28-14-4-11-26-12-15-27-16-13-26/h1-3,5-10,17H,4,11-16,18H2,(H2,23,25). The Balaban J connectivity index is 1.35. The van der Waals surface area contributed by atoms with Crippen LogP contribution in [0.1, 0.15) is 17.5 Å². The summed E-state index contributed by atoms with van der Waals surface area (Å²) in [6.07, 6.45) is 2.70. The van der Waals surface area contributed by atoms with Crippen LogP contribution in [-0.4, -0.2) is 55.7 Å². The van der Waals surface area contributed by atoms with E-state index in [0.29, 0.717) is 11.8 Å². The Morgan fingerprint density at radius 2 is 1.86 bits per heavy atom. The number of ether oxygens (including phenoxy) is 2. The van der Waals surface area contributed by atoms with Gasteiger partial charge in [0.05, 0.1) is 26.0 Å². The summed E-state index contributed by atoms with van der Waals surface area (Å²) in [6.45, 7) is 5.48. The van der Waals surface area contributed by atoms with E-state index in [9.17, 15) is 0 Å². The van der Waals surface area contributed by atoms with E-state index >= 15 is 0 Å². The summed E-state index contributed by atoms with van der Waals surface area (Å²) in [5.41, 5.74) is 8.06. The van der Waals surface area contributed by atoms with Gasteiger partial charge in [0.1, 0.15) is 5.75 Å². The van der Waals surface area contributed by atoms with E-state index in [1.807, 2.05) is 42.5 Å². The number of thioether (sulfide) groups is 1. The Kier molecular flexibility index (Phi) is 9.03. The van der Waals surface area contributed by atoms with Gasteiger partial charge in [-0.3, -0.25) is 4.90 Å². The van der Waals surface area contributed by atoms with Crippen LogP contribution in [0.15, 0.2) is 64.8 Å². The first-order valence-corrected chi connectivity index (χ1v) is 10.8. The first kappa shape index (κ1) is 21.4. The van der Waals surface area contributed by atoms with Crippen molar-refractivity contribution in [1.29, 1.82) is 0 Å². The molecule has 0 amide bonds. The summed E-state index contributed by atoms with van der Waals surface area (Å²) in [4.78, 5) is 2.41. The Morgan fingerprint density at radius 3 is 2.62 bits per heavy atom. The van der Waals surface area contributed by atoms with Crippen LogP contribution in [0.4, 0.5) is 0 Å². The average Bonchev–Trinajstić information content (AvgIpc) is 2.78. The van der Waals surface area contributed by atoms with Gasteiger partial charge < -0.3 is 15.2 Å². The van der Waals surface area contributed by atoms with Gasteiger partial charge in [0.15, 0.2) is 5.17 Å². The molecular weight excluding hydrogens is 384 g/mol. The van der Waals surface area contributed by atoms with Crippen molar-refractivity contribution in [2.24, 2.45) is 15.9 Å². The minimum Gasteiger partial charge on any atom is -0.494 e. The zero-order valence-corrected chi connectivity index (χ0v) is 17.4. The fourth-order valence-electron chi connectivity index (χ4n) is 2.87. The van der Waals surface area contributed by atoms with Crippen LogP contribution in [0.3, 0.4) is 0 Å². The SMILES string of the molecule is NC(=NN=Cc1ccc(OCCCN2CCOCC2)cc1)SCc1ccccc1. The number of amidine groups is 1. The van der Waals surface area contributed by atoms with E-state index in [0.717, 1.165) is 56.3 Å². The van der Waals surface area contributed by atoms with Crippen molar-refractivity contribution in [3.63, 3.8) is 0 Å². The first-order valence-electron chi connectivity index (χ1n) is 9.86. The number of morpholine rings is 1. The third-order valence-electron chi connectivity index (χ3n) is 4.46. The molecule has 2 aromatic rings. The lowest BCUT2D eigenvalue weighted by atomic mass is 10.2. The summed E-state index contributed by atoms with van der Waals surface area (Å²) in [7, 11) is 0. The molecule has 0 unspecified atom stereocenters. The highest BCUT2D eigenvalue weighted by Crippen LogP contribution is 2.13. The fraction of sp³-hybridized carbons (Fsp3) is 0.364. The van der Waals surface area contributed by atoms with E-state index in [1.165, 1.54) is 17.3 Å². The molecule has 0 aliphatic carbocycles. The predicted molar refractivity (Wildman–Crippen MR) is 121 cm³/mol. The normalized spacial score (nSPS) is 15.7. The van der Waals surface area contributed by atoms with Crippen molar-refractivity contribution in [3.05, 3.63) is 65.7 Å². The van der Waals surface area contributed by atoms with Gasteiger partial charge in [0.2, 0.25) is 0 Å². The average molecular weight is 413 g/mol. The zero-order valence-electron chi connectivity index (χ0n) is 16.6. The number of benzene rings is 2. The van der Waals surface area contributed by atoms with Gasteiger partial charge in [-0.25, -0.2) is 0 Å². The van der Waals surface area contributed by atoms with Gasteiger partial charge >= 0.3 is 0 Å². The lowest BCUT2D eigenvalue weighted by molar-refractivity contribution is 0.0358. The molecule has 1 aliphatic rings. The molecule has 7 heteroatoms. The molecule has 1 saturated heterocycles. The summed E-state index contributed by atoms with van der Waals surface area (Å²) in [6, 6.07) is 18.0. The van der Waals surface area contributed by atoms with Crippen LogP contribution < -0.4 is 10.5 Å². The predicted octanol–water partition coefficient (Wildman–Crippen LogP) is 3.37. The lowest BCUT2D eigenvalue weighted by Crippen LogP contribution is -2.37. The van der Waals surface area contributed by atoms with Crippen molar-refractivity contribution in [2.75, 3.05) is 39.5 Å². The molecule has 1 aliphatic heterocycles. The molecule has 29 heavy (non-hydrogen) atoms. The number of nitrogens with zero attached hydrogens (tertiary/aromatic N) is 3. The van der Waals surface area contributed by atoms with Crippen molar-refractivity contribution in [3.8, 4) is 5.75 Å². The molecule has 0 aromatic heterocycles. The van der Waals surface area contributed by atoms with Gasteiger partial charge in [-0.1, -0.05) is 42.1 Å². The monoisotopic (exact) mass is 412 g/mol. The molecule has 0 bridgehead atoms. The van der Waals surface area contributed by atoms with E-state index in [-0.39, 0.29) is 0 Å². The number of nitrogens with two attached hydrogens (primary N) is 1. The van der Waals surface area contributed by atoms with Crippen LogP contribution in [0.25, 0.3) is 0 Å². The number of hydrogen-bond acceptors (Lipinski definition) is 6. The number of rotatable bonds is 9. The molecule has 0 saturated carbocycles. The zero-order chi connectivity index (χ0) is 20.2. The van der Waals surface area contributed by atoms with Crippen LogP contribution in [0.2, 0.25) is 0 Å². The highest BCUT2D eigenvalue weighted by Gasteiger charge is 2.09. The van der Waals surface area contributed by atoms with Crippen LogP contribution in [0, 0.1) is 0 Å². The van der Waals surface area contributed by atoms with E-state index in [1.54, 1.807) is 6.21 Å². The second kappa shape index (κ2) is 12.3. The molecule has 154 valence electrons. The second-order valence-corrected chi connectivity index (χ2v) is 7.68. The van der Waals surface area contributed by atoms with Crippen LogP contribution in [0.5, 0.6) is 5.75 Å². The maximum absolute atomic E-state index is 5.90. The third-order valence-corrected chi connectivity index (χ3v) is 5.32. The van der Waals surface area contributed by atoms with Crippen molar-refractivity contribution in [2.45, 2.75) is 12.2 Å². The minimum absolute atomic E-state index is 0.449. The summed E-state index contributed by atoms with van der Waals surface area (Å²) < 4.78 is 11.2. The molecular formula is C22H28N4O2S. The molecule has 2 N–H and O–H groups in total. The Labute approximate surface area is 176 Å². The Hall–Kier alpha value is -2.35. The third kappa shape index (κ3) is 8.27. The second-order valence-electron chi connectivity index (χ2n) is 6.68. The number of hydrogen-bond donors (Lipinski definition) is 1. The summed E-state index contributed by atoms with van der Waals surface area (Å²) >= 11 is 1.47.